The molecule has 0 unspecified atom stereocenters. The molecule has 0 saturated heterocycles. The fourth-order valence-corrected chi connectivity index (χ4v) is 3.09. The van der Waals surface area contributed by atoms with E-state index in [0.717, 1.165) is 28.9 Å². The van der Waals surface area contributed by atoms with E-state index in [1.54, 1.807) is 22.9 Å². The van der Waals surface area contributed by atoms with Gasteiger partial charge in [0.25, 0.3) is 0 Å². The second-order valence-corrected chi connectivity index (χ2v) is 6.92. The van der Waals surface area contributed by atoms with Crippen LogP contribution < -0.4 is 4.74 Å². The summed E-state index contributed by atoms with van der Waals surface area (Å²) in [5.41, 5.74) is 5.39. The Morgan fingerprint density at radius 2 is 1.62 bits per heavy atom. The van der Waals surface area contributed by atoms with E-state index in [2.05, 4.69) is 6.92 Å². The lowest BCUT2D eigenvalue weighted by molar-refractivity contribution is 0.0723. The zero-order chi connectivity index (χ0) is 20.2. The summed E-state index contributed by atoms with van der Waals surface area (Å²) in [6.07, 6.45) is 0.927. The number of ether oxygens (including phenoxy) is 1. The van der Waals surface area contributed by atoms with Crippen molar-refractivity contribution in [2.45, 2.75) is 20.3 Å². The predicted octanol–water partition coefficient (Wildman–Crippen LogP) is 5.63. The highest BCUT2D eigenvalue weighted by molar-refractivity contribution is 5.91. The summed E-state index contributed by atoms with van der Waals surface area (Å²) >= 11 is 0. The van der Waals surface area contributed by atoms with Gasteiger partial charge >= 0.3 is 5.97 Å². The second kappa shape index (κ2) is 8.15. The molecule has 0 spiro atoms. The molecule has 144 valence electrons. The minimum atomic E-state index is -0.402. The monoisotopic (exact) mass is 382 g/mol. The molecule has 0 aliphatic carbocycles. The maximum Gasteiger partial charge on any atom is 0.344 e. The average molecular weight is 382 g/mol. The second-order valence-electron chi connectivity index (χ2n) is 6.92. The Kier molecular flexibility index (Phi) is 5.25. The lowest BCUT2D eigenvalue weighted by atomic mass is 10.1. The Bertz CT molecular complexity index is 1110. The number of benzene rings is 3. The van der Waals surface area contributed by atoms with Crippen molar-refractivity contribution in [2.75, 3.05) is 0 Å². The minimum Gasteiger partial charge on any atom is -0.404 e. The van der Waals surface area contributed by atoms with Crippen molar-refractivity contribution in [3.63, 3.8) is 0 Å². The summed E-state index contributed by atoms with van der Waals surface area (Å²) in [5.74, 6) is -0.0159. The van der Waals surface area contributed by atoms with E-state index >= 15 is 0 Å². The van der Waals surface area contributed by atoms with Gasteiger partial charge in [-0.15, -0.1) is 0 Å². The molecule has 0 amide bonds. The molecule has 29 heavy (non-hydrogen) atoms. The zero-order valence-corrected chi connectivity index (χ0v) is 16.5. The number of carbonyl (C=O) groups excluding carboxylic acids is 1. The highest BCUT2D eigenvalue weighted by atomic mass is 16.5. The van der Waals surface area contributed by atoms with Crippen molar-refractivity contribution in [1.82, 2.24) is 9.78 Å². The Balaban J connectivity index is 1.71. The number of aryl methyl sites for hydroxylation is 2. The first-order chi connectivity index (χ1) is 14.1. The third kappa shape index (κ3) is 4.11. The first-order valence-electron chi connectivity index (χ1n) is 9.67. The molecule has 3 aromatic carbocycles. The van der Waals surface area contributed by atoms with Crippen molar-refractivity contribution >= 4 is 5.97 Å². The van der Waals surface area contributed by atoms with Crippen molar-refractivity contribution in [3.05, 3.63) is 102 Å². The topological polar surface area (TPSA) is 44.1 Å². The molecule has 0 bridgehead atoms. The number of nitrogens with zero attached hydrogens (tertiary/aromatic N) is 2. The largest absolute Gasteiger partial charge is 0.404 e. The van der Waals surface area contributed by atoms with Gasteiger partial charge in [0.15, 0.2) is 0 Å². The first kappa shape index (κ1) is 18.7. The Labute approximate surface area is 170 Å². The van der Waals surface area contributed by atoms with Gasteiger partial charge in [0.1, 0.15) is 0 Å². The summed E-state index contributed by atoms with van der Waals surface area (Å²) in [6.45, 7) is 4.11. The molecule has 4 rings (SSSR count). The quantitative estimate of drug-likeness (QED) is 0.420. The van der Waals surface area contributed by atoms with Crippen LogP contribution >= 0.6 is 0 Å². The molecule has 0 atom stereocenters. The standard InChI is InChI=1S/C25H22N2O2/c1-3-19-11-13-21(14-12-19)25(28)29-24-17-23(20-7-5-4-6-8-20)26-27(24)22-15-9-18(2)10-16-22/h4-17H,3H2,1-2H3. The number of aromatic nitrogens is 2. The SMILES string of the molecule is CCc1ccc(C(=O)Oc2cc(-c3ccccc3)nn2-c2ccc(C)cc2)cc1. The highest BCUT2D eigenvalue weighted by Gasteiger charge is 2.17. The maximum absolute atomic E-state index is 12.7. The number of hydrogen-bond donors (Lipinski definition) is 0. The molecule has 0 radical (unpaired) electrons. The van der Waals surface area contributed by atoms with Crippen LogP contribution in [0.1, 0.15) is 28.4 Å². The van der Waals surface area contributed by atoms with Gasteiger partial charge in [0.05, 0.1) is 16.9 Å². The molecule has 1 heterocycles. The number of carbonyl (C=O) groups is 1. The molecule has 0 N–H and O–H groups in total. The average Bonchev–Trinajstić information content (AvgIpc) is 3.18. The van der Waals surface area contributed by atoms with Gasteiger partial charge in [0.2, 0.25) is 5.88 Å². The highest BCUT2D eigenvalue weighted by Crippen LogP contribution is 2.27. The van der Waals surface area contributed by atoms with Gasteiger partial charge in [-0.3, -0.25) is 0 Å². The zero-order valence-electron chi connectivity index (χ0n) is 16.5. The van der Waals surface area contributed by atoms with Crippen LogP contribution in [-0.2, 0) is 6.42 Å². The van der Waals surface area contributed by atoms with Crippen molar-refractivity contribution in [3.8, 4) is 22.8 Å². The smallest absolute Gasteiger partial charge is 0.344 e. The Morgan fingerprint density at radius 3 is 2.28 bits per heavy atom. The molecular weight excluding hydrogens is 360 g/mol. The fourth-order valence-electron chi connectivity index (χ4n) is 3.09. The van der Waals surface area contributed by atoms with Gasteiger partial charge in [-0.05, 0) is 43.2 Å². The van der Waals surface area contributed by atoms with Crippen LogP contribution in [-0.4, -0.2) is 15.7 Å². The third-order valence-electron chi connectivity index (χ3n) is 4.82. The molecule has 1 aromatic heterocycles. The molecule has 0 saturated carbocycles. The van der Waals surface area contributed by atoms with Gasteiger partial charge in [-0.2, -0.15) is 5.10 Å². The molecule has 0 aliphatic heterocycles. The van der Waals surface area contributed by atoms with Crippen LogP contribution in [0.25, 0.3) is 16.9 Å². The van der Waals surface area contributed by atoms with Gasteiger partial charge in [-0.1, -0.05) is 67.1 Å². The van der Waals surface area contributed by atoms with E-state index in [0.29, 0.717) is 11.4 Å². The van der Waals surface area contributed by atoms with Gasteiger partial charge in [-0.25, -0.2) is 9.48 Å². The van der Waals surface area contributed by atoms with Crippen LogP contribution in [0.3, 0.4) is 0 Å². The Morgan fingerprint density at radius 1 is 0.931 bits per heavy atom. The third-order valence-corrected chi connectivity index (χ3v) is 4.82. The first-order valence-corrected chi connectivity index (χ1v) is 9.67. The van der Waals surface area contributed by atoms with Crippen LogP contribution in [0.5, 0.6) is 5.88 Å². The molecule has 0 aliphatic rings. The van der Waals surface area contributed by atoms with Crippen LogP contribution in [0.15, 0.2) is 84.9 Å². The van der Waals surface area contributed by atoms with Crippen molar-refractivity contribution < 1.29 is 9.53 Å². The lowest BCUT2D eigenvalue weighted by Gasteiger charge is -2.08. The molecule has 4 heteroatoms. The fraction of sp³-hybridized carbons (Fsp3) is 0.120. The predicted molar refractivity (Wildman–Crippen MR) is 115 cm³/mol. The maximum atomic E-state index is 12.7. The summed E-state index contributed by atoms with van der Waals surface area (Å²) in [4.78, 5) is 12.7. The summed E-state index contributed by atoms with van der Waals surface area (Å²) in [7, 11) is 0. The molecule has 0 fully saturated rings. The van der Waals surface area contributed by atoms with Gasteiger partial charge in [0, 0.05) is 11.6 Å². The summed E-state index contributed by atoms with van der Waals surface area (Å²) in [5, 5.41) is 4.69. The number of esters is 1. The number of rotatable bonds is 5. The van der Waals surface area contributed by atoms with Crippen LogP contribution in [0.2, 0.25) is 0 Å². The summed E-state index contributed by atoms with van der Waals surface area (Å²) in [6, 6.07) is 27.1. The van der Waals surface area contributed by atoms with E-state index in [4.69, 9.17) is 9.84 Å². The van der Waals surface area contributed by atoms with E-state index in [1.165, 1.54) is 5.56 Å². The Hall–Kier alpha value is -3.66. The van der Waals surface area contributed by atoms with Crippen molar-refractivity contribution in [1.29, 1.82) is 0 Å². The van der Waals surface area contributed by atoms with E-state index in [1.807, 2.05) is 73.7 Å². The summed E-state index contributed by atoms with van der Waals surface area (Å²) < 4.78 is 7.42. The van der Waals surface area contributed by atoms with Gasteiger partial charge < -0.3 is 4.74 Å². The van der Waals surface area contributed by atoms with E-state index in [-0.39, 0.29) is 0 Å². The molecule has 4 aromatic rings. The molecule has 4 nitrogen and oxygen atoms in total. The van der Waals surface area contributed by atoms with E-state index in [9.17, 15) is 4.79 Å². The number of hydrogen-bond acceptors (Lipinski definition) is 3. The lowest BCUT2D eigenvalue weighted by Crippen LogP contribution is -2.11. The van der Waals surface area contributed by atoms with Crippen molar-refractivity contribution in [2.24, 2.45) is 0 Å². The van der Waals surface area contributed by atoms with Crippen LogP contribution in [0.4, 0.5) is 0 Å². The van der Waals surface area contributed by atoms with Crippen LogP contribution in [0, 0.1) is 6.92 Å². The minimum absolute atomic E-state index is 0.386. The molecular formula is C25H22N2O2. The normalized spacial score (nSPS) is 10.7. The van der Waals surface area contributed by atoms with E-state index < -0.39 is 5.97 Å².